The molecular weight excluding hydrogens is 400 g/mol. The van der Waals surface area contributed by atoms with Crippen molar-refractivity contribution in [1.29, 1.82) is 0 Å². The lowest BCUT2D eigenvalue weighted by molar-refractivity contribution is 0.103. The van der Waals surface area contributed by atoms with E-state index < -0.39 is 5.82 Å². The van der Waals surface area contributed by atoms with Crippen molar-refractivity contribution in [2.24, 2.45) is 0 Å². The molecule has 0 saturated carbocycles. The molecule has 0 saturated heterocycles. The molecule has 0 radical (unpaired) electrons. The molecule has 2 rings (SSSR count). The number of benzene rings is 1. The van der Waals surface area contributed by atoms with Crippen molar-refractivity contribution in [3.63, 3.8) is 0 Å². The molecule has 0 fully saturated rings. The molecule has 0 aliphatic rings. The molecular formula is C12H6BrFINO. The highest BCUT2D eigenvalue weighted by atomic mass is 127. The molecule has 0 aliphatic heterocycles. The Balaban J connectivity index is 2.51. The van der Waals surface area contributed by atoms with E-state index in [0.717, 1.165) is 9.77 Å². The first-order chi connectivity index (χ1) is 8.09. The number of pyridine rings is 1. The fraction of sp³-hybridized carbons (Fsp3) is 0. The lowest BCUT2D eigenvalue weighted by atomic mass is 10.0. The Kier molecular flexibility index (Phi) is 3.88. The molecule has 1 aromatic heterocycles. The average Bonchev–Trinajstić information content (AvgIpc) is 2.32. The van der Waals surface area contributed by atoms with Crippen LogP contribution in [0.5, 0.6) is 0 Å². The van der Waals surface area contributed by atoms with Crippen LogP contribution in [0, 0.1) is 9.39 Å². The van der Waals surface area contributed by atoms with Crippen LogP contribution in [0.3, 0.4) is 0 Å². The lowest BCUT2D eigenvalue weighted by Crippen LogP contribution is -2.05. The van der Waals surface area contributed by atoms with Gasteiger partial charge in [-0.2, -0.15) is 0 Å². The third-order valence-corrected chi connectivity index (χ3v) is 3.55. The molecule has 0 bridgehead atoms. The molecule has 86 valence electrons. The summed E-state index contributed by atoms with van der Waals surface area (Å²) in [6.07, 6.45) is 2.44. The maximum absolute atomic E-state index is 13.5. The summed E-state index contributed by atoms with van der Waals surface area (Å²) in [4.78, 5) is 15.8. The summed E-state index contributed by atoms with van der Waals surface area (Å²) >= 11 is 5.39. The highest BCUT2D eigenvalue weighted by Gasteiger charge is 2.16. The summed E-state index contributed by atoms with van der Waals surface area (Å²) in [6.45, 7) is 0. The van der Waals surface area contributed by atoms with Crippen LogP contribution in [-0.4, -0.2) is 10.8 Å². The van der Waals surface area contributed by atoms with Crippen LogP contribution in [0.2, 0.25) is 0 Å². The molecule has 17 heavy (non-hydrogen) atoms. The SMILES string of the molecule is O=C(c1ccncc1F)c1cc(I)ccc1Br. The van der Waals surface area contributed by atoms with Crippen LogP contribution >= 0.6 is 38.5 Å². The Hall–Kier alpha value is -0.820. The van der Waals surface area contributed by atoms with Crippen molar-refractivity contribution in [2.75, 3.05) is 0 Å². The van der Waals surface area contributed by atoms with Crippen molar-refractivity contribution in [2.45, 2.75) is 0 Å². The first kappa shape index (κ1) is 12.6. The maximum atomic E-state index is 13.5. The van der Waals surface area contributed by atoms with Crippen LogP contribution in [0.25, 0.3) is 0 Å². The number of nitrogens with zero attached hydrogens (tertiary/aromatic N) is 1. The Morgan fingerprint density at radius 1 is 1.29 bits per heavy atom. The van der Waals surface area contributed by atoms with E-state index in [1.807, 2.05) is 6.07 Å². The number of ketones is 1. The summed E-state index contributed by atoms with van der Waals surface area (Å²) in [6, 6.07) is 6.73. The molecule has 0 amide bonds. The zero-order valence-corrected chi connectivity index (χ0v) is 12.2. The molecule has 2 nitrogen and oxygen atoms in total. The molecule has 0 unspecified atom stereocenters. The van der Waals surface area contributed by atoms with Gasteiger partial charge in [0.1, 0.15) is 0 Å². The fourth-order valence-electron chi connectivity index (χ4n) is 1.38. The Morgan fingerprint density at radius 3 is 2.76 bits per heavy atom. The summed E-state index contributed by atoms with van der Waals surface area (Å²) in [5, 5.41) is 0. The molecule has 0 atom stereocenters. The Bertz CT molecular complexity index is 588. The maximum Gasteiger partial charge on any atom is 0.197 e. The van der Waals surface area contributed by atoms with Crippen molar-refractivity contribution >= 4 is 44.3 Å². The normalized spacial score (nSPS) is 10.3. The van der Waals surface area contributed by atoms with E-state index in [2.05, 4.69) is 43.5 Å². The van der Waals surface area contributed by atoms with Gasteiger partial charge in [0.15, 0.2) is 11.6 Å². The zero-order valence-electron chi connectivity index (χ0n) is 8.45. The molecule has 0 aliphatic carbocycles. The van der Waals surface area contributed by atoms with Gasteiger partial charge in [0, 0.05) is 19.8 Å². The third-order valence-electron chi connectivity index (χ3n) is 2.19. The van der Waals surface area contributed by atoms with E-state index >= 15 is 0 Å². The smallest absolute Gasteiger partial charge is 0.197 e. The number of hydrogen-bond acceptors (Lipinski definition) is 2. The molecule has 0 N–H and O–H groups in total. The summed E-state index contributed by atoms with van der Waals surface area (Å²) in [7, 11) is 0. The van der Waals surface area contributed by atoms with Gasteiger partial charge in [0.2, 0.25) is 0 Å². The second-order valence-electron chi connectivity index (χ2n) is 3.31. The minimum atomic E-state index is -0.608. The number of carbonyl (C=O) groups is 1. The first-order valence-corrected chi connectivity index (χ1v) is 6.56. The third kappa shape index (κ3) is 2.71. The largest absolute Gasteiger partial charge is 0.288 e. The quantitative estimate of drug-likeness (QED) is 0.561. The number of carbonyl (C=O) groups excluding carboxylic acids is 1. The van der Waals surface area contributed by atoms with E-state index in [9.17, 15) is 9.18 Å². The number of rotatable bonds is 2. The van der Waals surface area contributed by atoms with E-state index in [-0.39, 0.29) is 11.3 Å². The highest BCUT2D eigenvalue weighted by molar-refractivity contribution is 14.1. The first-order valence-electron chi connectivity index (χ1n) is 4.69. The summed E-state index contributed by atoms with van der Waals surface area (Å²) in [5.74, 6) is -0.960. The molecule has 5 heteroatoms. The van der Waals surface area contributed by atoms with Gasteiger partial charge in [-0.05, 0) is 46.9 Å². The number of aromatic nitrogens is 1. The van der Waals surface area contributed by atoms with Crippen LogP contribution in [-0.2, 0) is 0 Å². The molecule has 0 spiro atoms. The second-order valence-corrected chi connectivity index (χ2v) is 5.41. The minimum absolute atomic E-state index is 0.0303. The predicted octanol–water partition coefficient (Wildman–Crippen LogP) is 3.82. The lowest BCUT2D eigenvalue weighted by Gasteiger charge is -2.05. The topological polar surface area (TPSA) is 30.0 Å². The standard InChI is InChI=1S/C12H6BrFINO/c13-10-2-1-7(15)5-9(10)12(17)8-3-4-16-6-11(8)14/h1-6H. The van der Waals surface area contributed by atoms with Crippen molar-refractivity contribution < 1.29 is 9.18 Å². The monoisotopic (exact) mass is 405 g/mol. The van der Waals surface area contributed by atoms with Gasteiger partial charge in [-0.15, -0.1) is 0 Å². The van der Waals surface area contributed by atoms with Crippen LogP contribution in [0.15, 0.2) is 41.1 Å². The van der Waals surface area contributed by atoms with Crippen molar-refractivity contribution in [1.82, 2.24) is 4.98 Å². The highest BCUT2D eigenvalue weighted by Crippen LogP contribution is 2.23. The number of hydrogen-bond donors (Lipinski definition) is 0. The summed E-state index contributed by atoms with van der Waals surface area (Å²) < 4.78 is 15.0. The van der Waals surface area contributed by atoms with Crippen molar-refractivity contribution in [3.05, 3.63) is 61.6 Å². The number of halogens is 3. The van der Waals surface area contributed by atoms with E-state index in [4.69, 9.17) is 0 Å². The van der Waals surface area contributed by atoms with Gasteiger partial charge in [0.25, 0.3) is 0 Å². The van der Waals surface area contributed by atoms with Gasteiger partial charge in [-0.1, -0.05) is 15.9 Å². The minimum Gasteiger partial charge on any atom is -0.288 e. The predicted molar refractivity (Wildman–Crippen MR) is 74.5 cm³/mol. The van der Waals surface area contributed by atoms with Gasteiger partial charge in [-0.3, -0.25) is 9.78 Å². The van der Waals surface area contributed by atoms with Crippen molar-refractivity contribution in [3.8, 4) is 0 Å². The van der Waals surface area contributed by atoms with Gasteiger partial charge < -0.3 is 0 Å². The summed E-state index contributed by atoms with van der Waals surface area (Å²) in [5.41, 5.74) is 0.477. The molecule has 1 heterocycles. The van der Waals surface area contributed by atoms with E-state index in [1.165, 1.54) is 12.3 Å². The molecule has 1 aromatic carbocycles. The van der Waals surface area contributed by atoms with Crippen LogP contribution in [0.4, 0.5) is 4.39 Å². The van der Waals surface area contributed by atoms with Gasteiger partial charge in [0.05, 0.1) is 11.8 Å². The van der Waals surface area contributed by atoms with E-state index in [1.54, 1.807) is 12.1 Å². The zero-order chi connectivity index (χ0) is 12.4. The second kappa shape index (κ2) is 5.22. The van der Waals surface area contributed by atoms with E-state index in [0.29, 0.717) is 10.0 Å². The molecule has 2 aromatic rings. The Labute approximate surface area is 120 Å². The van der Waals surface area contributed by atoms with Gasteiger partial charge >= 0.3 is 0 Å². The van der Waals surface area contributed by atoms with Crippen LogP contribution < -0.4 is 0 Å². The Morgan fingerprint density at radius 2 is 2.06 bits per heavy atom. The van der Waals surface area contributed by atoms with Crippen LogP contribution in [0.1, 0.15) is 15.9 Å². The van der Waals surface area contributed by atoms with Gasteiger partial charge in [-0.25, -0.2) is 4.39 Å². The fourth-order valence-corrected chi connectivity index (χ4v) is 2.29. The average molecular weight is 406 g/mol.